The highest BCUT2D eigenvalue weighted by atomic mass is 19.4. The van der Waals surface area contributed by atoms with Crippen LogP contribution < -0.4 is 0 Å². The van der Waals surface area contributed by atoms with Gasteiger partial charge in [-0.1, -0.05) is 24.3 Å². The van der Waals surface area contributed by atoms with Crippen molar-refractivity contribution in [1.82, 2.24) is 4.98 Å². The summed E-state index contributed by atoms with van der Waals surface area (Å²) in [5, 5.41) is 10.1. The van der Waals surface area contributed by atoms with E-state index >= 15 is 0 Å². The Balaban J connectivity index is 2.31. The molecule has 5 heteroatoms. The van der Waals surface area contributed by atoms with Gasteiger partial charge in [0, 0.05) is 18.3 Å². The van der Waals surface area contributed by atoms with Gasteiger partial charge >= 0.3 is 6.18 Å². The average molecular weight is 281 g/mol. The van der Waals surface area contributed by atoms with E-state index in [1.54, 1.807) is 12.3 Å². The Bertz CT molecular complexity index is 596. The van der Waals surface area contributed by atoms with E-state index in [0.29, 0.717) is 5.69 Å². The summed E-state index contributed by atoms with van der Waals surface area (Å²) >= 11 is 0. The molecule has 0 bridgehead atoms. The normalized spacial score (nSPS) is 13.2. The van der Waals surface area contributed by atoms with Crippen LogP contribution in [0.5, 0.6) is 0 Å². The lowest BCUT2D eigenvalue weighted by atomic mass is 9.97. The number of alkyl halides is 3. The molecule has 1 heterocycles. The summed E-state index contributed by atoms with van der Waals surface area (Å²) in [6, 6.07) is 8.62. The van der Waals surface area contributed by atoms with Crippen molar-refractivity contribution in [3.05, 3.63) is 65.0 Å². The topological polar surface area (TPSA) is 33.1 Å². The van der Waals surface area contributed by atoms with Gasteiger partial charge in [-0.05, 0) is 30.2 Å². The first kappa shape index (κ1) is 14.5. The maximum atomic E-state index is 12.9. The number of aliphatic hydroxyl groups is 1. The third-order valence-corrected chi connectivity index (χ3v) is 3.13. The molecule has 0 saturated heterocycles. The number of benzene rings is 1. The number of hydrogen-bond acceptors (Lipinski definition) is 2. The van der Waals surface area contributed by atoms with Crippen molar-refractivity contribution in [2.24, 2.45) is 0 Å². The summed E-state index contributed by atoms with van der Waals surface area (Å²) in [7, 11) is 0. The van der Waals surface area contributed by atoms with Crippen molar-refractivity contribution in [2.75, 3.05) is 0 Å². The zero-order valence-electron chi connectivity index (χ0n) is 10.9. The highest BCUT2D eigenvalue weighted by molar-refractivity contribution is 5.32. The van der Waals surface area contributed by atoms with Crippen LogP contribution in [0.1, 0.15) is 28.5 Å². The van der Waals surface area contributed by atoms with Gasteiger partial charge in [-0.2, -0.15) is 13.2 Å². The van der Waals surface area contributed by atoms with Gasteiger partial charge < -0.3 is 5.11 Å². The molecule has 0 amide bonds. The van der Waals surface area contributed by atoms with Gasteiger partial charge in [0.25, 0.3) is 0 Å². The largest absolute Gasteiger partial charge is 0.416 e. The summed E-state index contributed by atoms with van der Waals surface area (Å²) in [6.45, 7) is 1.81. The van der Waals surface area contributed by atoms with Gasteiger partial charge in [0.1, 0.15) is 0 Å². The number of pyridine rings is 1. The Morgan fingerprint density at radius 1 is 1.15 bits per heavy atom. The molecule has 0 radical (unpaired) electrons. The van der Waals surface area contributed by atoms with Crippen molar-refractivity contribution in [3.8, 4) is 0 Å². The molecule has 1 N–H and O–H groups in total. The van der Waals surface area contributed by atoms with Gasteiger partial charge in [0.15, 0.2) is 0 Å². The Labute approximate surface area is 114 Å². The van der Waals surface area contributed by atoms with Crippen LogP contribution in [0.4, 0.5) is 13.2 Å². The fourth-order valence-corrected chi connectivity index (χ4v) is 2.07. The molecule has 2 aromatic rings. The van der Waals surface area contributed by atoms with E-state index in [1.807, 2.05) is 13.0 Å². The minimum Gasteiger partial charge on any atom is -0.388 e. The second-order valence-electron chi connectivity index (χ2n) is 4.57. The van der Waals surface area contributed by atoms with E-state index in [1.165, 1.54) is 18.2 Å². The zero-order valence-corrected chi connectivity index (χ0v) is 10.9. The molecule has 1 unspecified atom stereocenters. The smallest absolute Gasteiger partial charge is 0.388 e. The van der Waals surface area contributed by atoms with Crippen LogP contribution in [0.3, 0.4) is 0 Å². The zero-order chi connectivity index (χ0) is 14.8. The van der Waals surface area contributed by atoms with Gasteiger partial charge in [0.2, 0.25) is 0 Å². The standard InChI is InChI=1S/C15H14F3NO/c1-10-5-4-8-19-13(10)9-14(20)11-6-2-3-7-12(11)15(16,17)18/h2-8,14,20H,9H2,1H3. The molecular weight excluding hydrogens is 267 g/mol. The number of aliphatic hydroxyl groups excluding tert-OH is 1. The summed E-state index contributed by atoms with van der Waals surface area (Å²) < 4.78 is 38.7. The van der Waals surface area contributed by atoms with Gasteiger partial charge in [-0.3, -0.25) is 4.98 Å². The Morgan fingerprint density at radius 3 is 2.50 bits per heavy atom. The minimum atomic E-state index is -4.48. The molecule has 0 spiro atoms. The molecule has 0 fully saturated rings. The van der Waals surface area contributed by atoms with Crippen LogP contribution in [0.15, 0.2) is 42.6 Å². The quantitative estimate of drug-likeness (QED) is 0.930. The fraction of sp³-hybridized carbons (Fsp3) is 0.267. The number of aryl methyl sites for hydroxylation is 1. The number of aromatic nitrogens is 1. The van der Waals surface area contributed by atoms with Crippen LogP contribution in [0, 0.1) is 6.92 Å². The van der Waals surface area contributed by atoms with Crippen LogP contribution >= 0.6 is 0 Å². The van der Waals surface area contributed by atoms with E-state index in [4.69, 9.17) is 0 Å². The van der Waals surface area contributed by atoms with Crippen LogP contribution in [-0.4, -0.2) is 10.1 Å². The first-order chi connectivity index (χ1) is 9.39. The molecule has 2 nitrogen and oxygen atoms in total. The summed E-state index contributed by atoms with van der Waals surface area (Å²) in [5.41, 5.74) is 0.513. The maximum absolute atomic E-state index is 12.9. The van der Waals surface area contributed by atoms with Crippen LogP contribution in [0.25, 0.3) is 0 Å². The SMILES string of the molecule is Cc1cccnc1CC(O)c1ccccc1C(F)(F)F. The minimum absolute atomic E-state index is 0.0553. The number of nitrogens with zero attached hydrogens (tertiary/aromatic N) is 1. The molecular formula is C15H14F3NO. The lowest BCUT2D eigenvalue weighted by Crippen LogP contribution is -2.14. The van der Waals surface area contributed by atoms with Gasteiger partial charge in [0.05, 0.1) is 11.7 Å². The van der Waals surface area contributed by atoms with Crippen molar-refractivity contribution < 1.29 is 18.3 Å². The van der Waals surface area contributed by atoms with Crippen molar-refractivity contribution in [2.45, 2.75) is 25.6 Å². The van der Waals surface area contributed by atoms with E-state index in [9.17, 15) is 18.3 Å². The fourth-order valence-electron chi connectivity index (χ4n) is 2.07. The van der Waals surface area contributed by atoms with Gasteiger partial charge in [-0.15, -0.1) is 0 Å². The van der Waals surface area contributed by atoms with E-state index in [-0.39, 0.29) is 12.0 Å². The summed E-state index contributed by atoms with van der Waals surface area (Å²) in [5.74, 6) is 0. The molecule has 0 aliphatic heterocycles. The maximum Gasteiger partial charge on any atom is 0.416 e. The Kier molecular flexibility index (Phi) is 4.09. The predicted molar refractivity (Wildman–Crippen MR) is 69.1 cm³/mol. The first-order valence-corrected chi connectivity index (χ1v) is 6.14. The average Bonchev–Trinajstić information content (AvgIpc) is 2.40. The lowest BCUT2D eigenvalue weighted by molar-refractivity contribution is -0.139. The van der Waals surface area contributed by atoms with E-state index in [2.05, 4.69) is 4.98 Å². The monoisotopic (exact) mass is 281 g/mol. The van der Waals surface area contributed by atoms with Gasteiger partial charge in [-0.25, -0.2) is 0 Å². The Hall–Kier alpha value is -1.88. The molecule has 0 aliphatic rings. The molecule has 1 aromatic carbocycles. The molecule has 1 atom stereocenters. The molecule has 0 aliphatic carbocycles. The van der Waals surface area contributed by atoms with Crippen molar-refractivity contribution in [3.63, 3.8) is 0 Å². The molecule has 1 aromatic heterocycles. The van der Waals surface area contributed by atoms with Crippen molar-refractivity contribution in [1.29, 1.82) is 0 Å². The third-order valence-electron chi connectivity index (χ3n) is 3.13. The van der Waals surface area contributed by atoms with Crippen LogP contribution in [0.2, 0.25) is 0 Å². The Morgan fingerprint density at radius 2 is 1.85 bits per heavy atom. The second-order valence-corrected chi connectivity index (χ2v) is 4.57. The lowest BCUT2D eigenvalue weighted by Gasteiger charge is -2.17. The van der Waals surface area contributed by atoms with Crippen LogP contribution in [-0.2, 0) is 12.6 Å². The number of halogens is 3. The van der Waals surface area contributed by atoms with E-state index in [0.717, 1.165) is 11.6 Å². The number of hydrogen-bond donors (Lipinski definition) is 1. The summed E-state index contributed by atoms with van der Waals surface area (Å²) in [6.07, 6.45) is -4.09. The van der Waals surface area contributed by atoms with Crippen molar-refractivity contribution >= 4 is 0 Å². The molecule has 20 heavy (non-hydrogen) atoms. The molecule has 0 saturated carbocycles. The predicted octanol–water partition coefficient (Wildman–Crippen LogP) is 3.68. The molecule has 2 rings (SSSR count). The second kappa shape index (κ2) is 5.63. The highest BCUT2D eigenvalue weighted by Crippen LogP contribution is 2.35. The number of rotatable bonds is 3. The third kappa shape index (κ3) is 3.17. The molecule has 106 valence electrons. The van der Waals surface area contributed by atoms with E-state index < -0.39 is 17.8 Å². The first-order valence-electron chi connectivity index (χ1n) is 6.14. The highest BCUT2D eigenvalue weighted by Gasteiger charge is 2.34. The summed E-state index contributed by atoms with van der Waals surface area (Å²) in [4.78, 5) is 4.09.